The molecule has 0 unspecified atom stereocenters. The molecule has 0 saturated carbocycles. The molecule has 0 aliphatic carbocycles. The van der Waals surface area contributed by atoms with E-state index in [1.807, 2.05) is 43.3 Å². The third-order valence-electron chi connectivity index (χ3n) is 4.90. The summed E-state index contributed by atoms with van der Waals surface area (Å²) in [4.78, 5) is 0. The van der Waals surface area contributed by atoms with Gasteiger partial charge in [-0.25, -0.2) is 0 Å². The Kier molecular flexibility index (Phi) is 4.88. The summed E-state index contributed by atoms with van der Waals surface area (Å²) < 4.78 is 0. The van der Waals surface area contributed by atoms with Crippen molar-refractivity contribution < 1.29 is 15.3 Å². The molecule has 3 aromatic rings. The maximum absolute atomic E-state index is 10.3. The highest BCUT2D eigenvalue weighted by atomic mass is 16.3. The predicted molar refractivity (Wildman–Crippen MR) is 110 cm³/mol. The zero-order chi connectivity index (χ0) is 19.8. The van der Waals surface area contributed by atoms with Crippen molar-refractivity contribution in [1.82, 2.24) is 0 Å². The van der Waals surface area contributed by atoms with Gasteiger partial charge in [0.05, 0.1) is 0 Å². The van der Waals surface area contributed by atoms with Gasteiger partial charge < -0.3 is 15.3 Å². The lowest BCUT2D eigenvalue weighted by atomic mass is 9.86. The van der Waals surface area contributed by atoms with E-state index in [1.54, 1.807) is 6.07 Å². The monoisotopic (exact) mass is 362 g/mol. The summed E-state index contributed by atoms with van der Waals surface area (Å²) in [7, 11) is 0. The third-order valence-corrected chi connectivity index (χ3v) is 4.90. The van der Waals surface area contributed by atoms with Gasteiger partial charge in [0.15, 0.2) is 11.5 Å². The summed E-state index contributed by atoms with van der Waals surface area (Å²) in [6.07, 6.45) is 0.461. The van der Waals surface area contributed by atoms with Gasteiger partial charge in [-0.2, -0.15) is 0 Å². The molecule has 0 amide bonds. The molecular weight excluding hydrogens is 336 g/mol. The Balaban J connectivity index is 1.99. The van der Waals surface area contributed by atoms with E-state index in [-0.39, 0.29) is 16.9 Å². The van der Waals surface area contributed by atoms with Crippen molar-refractivity contribution in [1.29, 1.82) is 0 Å². The number of rotatable bonds is 3. The molecule has 3 rings (SSSR count). The molecule has 0 bridgehead atoms. The quantitative estimate of drug-likeness (QED) is 0.526. The van der Waals surface area contributed by atoms with Crippen LogP contribution in [0.4, 0.5) is 0 Å². The van der Waals surface area contributed by atoms with Gasteiger partial charge in [-0.1, -0.05) is 74.9 Å². The molecule has 0 fully saturated rings. The van der Waals surface area contributed by atoms with Crippen LogP contribution in [0.5, 0.6) is 17.2 Å². The molecule has 0 atom stereocenters. The lowest BCUT2D eigenvalue weighted by Gasteiger charge is -2.19. The van der Waals surface area contributed by atoms with Crippen molar-refractivity contribution in [3.8, 4) is 28.4 Å². The van der Waals surface area contributed by atoms with Crippen molar-refractivity contribution in [2.45, 2.75) is 39.5 Å². The minimum Gasteiger partial charge on any atom is -0.504 e. The third kappa shape index (κ3) is 3.92. The summed E-state index contributed by atoms with van der Waals surface area (Å²) in [5.74, 6) is -1.05. The van der Waals surface area contributed by atoms with E-state index in [0.29, 0.717) is 17.5 Å². The number of benzene rings is 3. The van der Waals surface area contributed by atoms with Crippen molar-refractivity contribution in [3.05, 3.63) is 76.9 Å². The largest absolute Gasteiger partial charge is 0.504 e. The predicted octanol–water partition coefficient (Wildman–Crippen LogP) is 5.67. The van der Waals surface area contributed by atoms with Crippen LogP contribution < -0.4 is 0 Å². The Hall–Kier alpha value is -2.94. The average molecular weight is 362 g/mol. The SMILES string of the molecule is Cc1ccc(-c2cc(Cc3ccc(C(C)(C)C)cc3)c(O)c(O)c2O)cc1. The first-order chi connectivity index (χ1) is 12.7. The highest BCUT2D eigenvalue weighted by Crippen LogP contribution is 2.45. The summed E-state index contributed by atoms with van der Waals surface area (Å²) in [6.45, 7) is 8.49. The van der Waals surface area contributed by atoms with Gasteiger partial charge >= 0.3 is 0 Å². The van der Waals surface area contributed by atoms with Crippen LogP contribution in [0.15, 0.2) is 54.6 Å². The maximum atomic E-state index is 10.3. The average Bonchev–Trinajstić information content (AvgIpc) is 2.63. The molecule has 0 spiro atoms. The van der Waals surface area contributed by atoms with Crippen LogP contribution in [0.1, 0.15) is 43.0 Å². The molecule has 3 N–H and O–H groups in total. The molecule has 0 aromatic heterocycles. The summed E-state index contributed by atoms with van der Waals surface area (Å²) in [6, 6.07) is 17.7. The second-order valence-corrected chi connectivity index (χ2v) is 8.12. The number of phenolic OH excluding ortho intramolecular Hbond substituents is 3. The number of hydrogen-bond donors (Lipinski definition) is 3. The van der Waals surface area contributed by atoms with E-state index in [1.165, 1.54) is 5.56 Å². The Bertz CT molecular complexity index is 947. The summed E-state index contributed by atoms with van der Waals surface area (Å²) >= 11 is 0. The maximum Gasteiger partial charge on any atom is 0.201 e. The highest BCUT2D eigenvalue weighted by Gasteiger charge is 2.18. The van der Waals surface area contributed by atoms with Crippen molar-refractivity contribution in [3.63, 3.8) is 0 Å². The fraction of sp³-hybridized carbons (Fsp3) is 0.250. The van der Waals surface area contributed by atoms with Gasteiger partial charge in [0.25, 0.3) is 0 Å². The van der Waals surface area contributed by atoms with Crippen molar-refractivity contribution in [2.24, 2.45) is 0 Å². The molecule has 140 valence electrons. The number of phenols is 3. The molecule has 3 aromatic carbocycles. The van der Waals surface area contributed by atoms with Crippen LogP contribution in [0.3, 0.4) is 0 Å². The molecule has 0 heterocycles. The first-order valence-electron chi connectivity index (χ1n) is 9.10. The standard InChI is InChI=1S/C24H26O3/c1-15-5-9-17(10-6-15)20-14-18(21(25)23(27)22(20)26)13-16-7-11-19(12-8-16)24(2,3)4/h5-12,14,25-27H,13H2,1-4H3. The number of aromatic hydroxyl groups is 3. The van der Waals surface area contributed by atoms with E-state index < -0.39 is 5.75 Å². The smallest absolute Gasteiger partial charge is 0.201 e. The van der Waals surface area contributed by atoms with Gasteiger partial charge in [0.2, 0.25) is 5.75 Å². The Morgan fingerprint density at radius 2 is 1.33 bits per heavy atom. The summed E-state index contributed by atoms with van der Waals surface area (Å²) in [5, 5.41) is 30.8. The van der Waals surface area contributed by atoms with Crippen LogP contribution in [-0.2, 0) is 11.8 Å². The van der Waals surface area contributed by atoms with Crippen LogP contribution in [0.2, 0.25) is 0 Å². The van der Waals surface area contributed by atoms with Gasteiger partial charge in [0.1, 0.15) is 0 Å². The highest BCUT2D eigenvalue weighted by molar-refractivity contribution is 5.77. The van der Waals surface area contributed by atoms with E-state index in [9.17, 15) is 15.3 Å². The Morgan fingerprint density at radius 3 is 1.89 bits per heavy atom. The molecule has 0 aliphatic heterocycles. The molecule has 3 nitrogen and oxygen atoms in total. The normalized spacial score (nSPS) is 11.6. The molecule has 0 saturated heterocycles. The fourth-order valence-electron chi connectivity index (χ4n) is 3.13. The molecule has 3 heteroatoms. The first kappa shape index (κ1) is 18.8. The van der Waals surface area contributed by atoms with Crippen LogP contribution in [-0.4, -0.2) is 15.3 Å². The topological polar surface area (TPSA) is 60.7 Å². The fourth-order valence-corrected chi connectivity index (χ4v) is 3.13. The van der Waals surface area contributed by atoms with E-state index >= 15 is 0 Å². The summed E-state index contributed by atoms with van der Waals surface area (Å²) in [5.41, 5.74) is 5.33. The molecular formula is C24H26O3. The molecule has 27 heavy (non-hydrogen) atoms. The van der Waals surface area contributed by atoms with Gasteiger partial charge in [0, 0.05) is 17.5 Å². The van der Waals surface area contributed by atoms with Crippen molar-refractivity contribution in [2.75, 3.05) is 0 Å². The Morgan fingerprint density at radius 1 is 0.741 bits per heavy atom. The van der Waals surface area contributed by atoms with E-state index in [2.05, 4.69) is 32.9 Å². The lowest BCUT2D eigenvalue weighted by molar-refractivity contribution is 0.366. The van der Waals surface area contributed by atoms with Gasteiger partial charge in [-0.15, -0.1) is 0 Å². The van der Waals surface area contributed by atoms with E-state index in [0.717, 1.165) is 16.7 Å². The van der Waals surface area contributed by atoms with Crippen LogP contribution in [0, 0.1) is 6.92 Å². The van der Waals surface area contributed by atoms with Crippen LogP contribution >= 0.6 is 0 Å². The van der Waals surface area contributed by atoms with Crippen molar-refractivity contribution >= 4 is 0 Å². The van der Waals surface area contributed by atoms with E-state index in [4.69, 9.17) is 0 Å². The minimum absolute atomic E-state index is 0.0794. The zero-order valence-corrected chi connectivity index (χ0v) is 16.2. The molecule has 0 aliphatic rings. The first-order valence-corrected chi connectivity index (χ1v) is 9.10. The minimum atomic E-state index is -0.477. The second-order valence-electron chi connectivity index (χ2n) is 8.12. The number of hydrogen-bond acceptors (Lipinski definition) is 3. The molecule has 0 radical (unpaired) electrons. The van der Waals surface area contributed by atoms with Gasteiger partial charge in [-0.05, 0) is 35.1 Å². The van der Waals surface area contributed by atoms with Crippen LogP contribution in [0.25, 0.3) is 11.1 Å². The lowest BCUT2D eigenvalue weighted by Crippen LogP contribution is -2.10. The Labute approximate surface area is 160 Å². The second kappa shape index (κ2) is 6.99. The van der Waals surface area contributed by atoms with Gasteiger partial charge in [-0.3, -0.25) is 0 Å². The zero-order valence-electron chi connectivity index (χ0n) is 16.2. The number of aryl methyl sites for hydroxylation is 1.